The molecule has 9 nitrogen and oxygen atoms in total. The summed E-state index contributed by atoms with van der Waals surface area (Å²) in [4.78, 5) is 35.5. The first kappa shape index (κ1) is 22.4. The first-order chi connectivity index (χ1) is 15.4. The highest BCUT2D eigenvalue weighted by molar-refractivity contribution is 6.33. The summed E-state index contributed by atoms with van der Waals surface area (Å²) in [6, 6.07) is 16.5. The SMILES string of the molecule is COc1ccc(C(=O)N/N=C/c2cccc([N+](=O)[O-])c2OC(=O)c2ccccc2Cl)cc1. The Morgan fingerprint density at radius 1 is 1.06 bits per heavy atom. The van der Waals surface area contributed by atoms with Crippen molar-refractivity contribution in [3.8, 4) is 11.5 Å². The minimum absolute atomic E-state index is 0.0445. The minimum atomic E-state index is -0.873. The topological polar surface area (TPSA) is 120 Å². The highest BCUT2D eigenvalue weighted by Gasteiger charge is 2.23. The highest BCUT2D eigenvalue weighted by Crippen LogP contribution is 2.31. The highest BCUT2D eigenvalue weighted by atomic mass is 35.5. The van der Waals surface area contributed by atoms with Crippen LogP contribution in [0.2, 0.25) is 5.02 Å². The zero-order valence-corrected chi connectivity index (χ0v) is 17.4. The van der Waals surface area contributed by atoms with Crippen LogP contribution in [0, 0.1) is 10.1 Å². The number of carbonyl (C=O) groups is 2. The smallest absolute Gasteiger partial charge is 0.345 e. The maximum atomic E-state index is 12.5. The molecule has 0 fully saturated rings. The number of nitrogens with one attached hydrogen (secondary N) is 1. The van der Waals surface area contributed by atoms with E-state index < -0.39 is 22.5 Å². The second-order valence-corrected chi connectivity index (χ2v) is 6.66. The molecule has 0 saturated heterocycles. The summed E-state index contributed by atoms with van der Waals surface area (Å²) in [6.45, 7) is 0. The van der Waals surface area contributed by atoms with E-state index in [0.717, 1.165) is 6.21 Å². The number of ether oxygens (including phenoxy) is 2. The number of carbonyl (C=O) groups excluding carboxylic acids is 2. The molecule has 0 heterocycles. The summed E-state index contributed by atoms with van der Waals surface area (Å²) in [6.07, 6.45) is 1.14. The maximum absolute atomic E-state index is 12.5. The average molecular weight is 454 g/mol. The molecule has 0 aliphatic rings. The van der Waals surface area contributed by atoms with Crippen LogP contribution in [0.25, 0.3) is 0 Å². The molecule has 0 aromatic heterocycles. The average Bonchev–Trinajstić information content (AvgIpc) is 2.80. The normalized spacial score (nSPS) is 10.6. The second-order valence-electron chi connectivity index (χ2n) is 6.25. The number of hydrogen-bond donors (Lipinski definition) is 1. The number of nitro benzene ring substituents is 1. The van der Waals surface area contributed by atoms with Crippen LogP contribution < -0.4 is 14.9 Å². The van der Waals surface area contributed by atoms with Crippen LogP contribution in [0.5, 0.6) is 11.5 Å². The zero-order valence-electron chi connectivity index (χ0n) is 16.7. The lowest BCUT2D eigenvalue weighted by atomic mass is 10.2. The number of halogens is 1. The molecule has 32 heavy (non-hydrogen) atoms. The van der Waals surface area contributed by atoms with Crippen molar-refractivity contribution in [2.45, 2.75) is 0 Å². The molecule has 1 N–H and O–H groups in total. The Hall–Kier alpha value is -4.24. The van der Waals surface area contributed by atoms with Gasteiger partial charge in [-0.3, -0.25) is 14.9 Å². The summed E-state index contributed by atoms with van der Waals surface area (Å²) >= 11 is 6.01. The number of hydrogen-bond acceptors (Lipinski definition) is 7. The lowest BCUT2D eigenvalue weighted by Crippen LogP contribution is -2.17. The molecule has 1 amide bonds. The van der Waals surface area contributed by atoms with Gasteiger partial charge in [-0.15, -0.1) is 0 Å². The lowest BCUT2D eigenvalue weighted by molar-refractivity contribution is -0.385. The molecule has 0 aliphatic carbocycles. The summed E-state index contributed by atoms with van der Waals surface area (Å²) in [5.41, 5.74) is 2.34. The third-order valence-corrected chi connectivity index (χ3v) is 4.56. The molecular weight excluding hydrogens is 438 g/mol. The number of nitro groups is 1. The number of methoxy groups -OCH3 is 1. The molecule has 0 bridgehead atoms. The van der Waals surface area contributed by atoms with E-state index in [4.69, 9.17) is 21.1 Å². The molecule has 162 valence electrons. The Labute approximate surface area is 187 Å². The van der Waals surface area contributed by atoms with Crippen LogP contribution >= 0.6 is 11.6 Å². The van der Waals surface area contributed by atoms with E-state index >= 15 is 0 Å². The lowest BCUT2D eigenvalue weighted by Gasteiger charge is -2.09. The predicted molar refractivity (Wildman–Crippen MR) is 118 cm³/mol. The Balaban J connectivity index is 1.83. The van der Waals surface area contributed by atoms with Gasteiger partial charge in [-0.05, 0) is 42.5 Å². The predicted octanol–water partition coefficient (Wildman–Crippen LogP) is 4.24. The van der Waals surface area contributed by atoms with Crippen LogP contribution in [0.15, 0.2) is 71.8 Å². The number of nitrogens with zero attached hydrogens (tertiary/aromatic N) is 2. The maximum Gasteiger partial charge on any atom is 0.345 e. The Morgan fingerprint density at radius 3 is 2.44 bits per heavy atom. The van der Waals surface area contributed by atoms with Gasteiger partial charge in [0.1, 0.15) is 5.75 Å². The van der Waals surface area contributed by atoms with Crippen molar-refractivity contribution in [2.24, 2.45) is 5.10 Å². The molecule has 0 atom stereocenters. The number of amides is 1. The number of esters is 1. The van der Waals surface area contributed by atoms with Crippen molar-refractivity contribution >= 4 is 35.4 Å². The molecule has 3 aromatic carbocycles. The van der Waals surface area contributed by atoms with Gasteiger partial charge < -0.3 is 9.47 Å². The van der Waals surface area contributed by atoms with Gasteiger partial charge in [0.2, 0.25) is 5.75 Å². The van der Waals surface area contributed by atoms with Crippen molar-refractivity contribution in [2.75, 3.05) is 7.11 Å². The third kappa shape index (κ3) is 5.27. The van der Waals surface area contributed by atoms with Crippen molar-refractivity contribution in [1.82, 2.24) is 5.43 Å². The van der Waals surface area contributed by atoms with Gasteiger partial charge in [-0.25, -0.2) is 10.2 Å². The van der Waals surface area contributed by atoms with Crippen LogP contribution in [0.4, 0.5) is 5.69 Å². The Kier molecular flexibility index (Phi) is 7.14. The number of para-hydroxylation sites is 1. The molecule has 0 radical (unpaired) electrons. The van der Waals surface area contributed by atoms with Crippen LogP contribution in [0.3, 0.4) is 0 Å². The monoisotopic (exact) mass is 453 g/mol. The van der Waals surface area contributed by atoms with Gasteiger partial charge in [0.25, 0.3) is 5.91 Å². The quantitative estimate of drug-likeness (QED) is 0.188. The second kappa shape index (κ2) is 10.2. The summed E-state index contributed by atoms with van der Waals surface area (Å²) in [5, 5.41) is 15.4. The van der Waals surface area contributed by atoms with Crippen molar-refractivity contribution in [3.63, 3.8) is 0 Å². The van der Waals surface area contributed by atoms with E-state index in [1.807, 2.05) is 0 Å². The van der Waals surface area contributed by atoms with E-state index in [1.54, 1.807) is 36.4 Å². The zero-order chi connectivity index (χ0) is 23.1. The van der Waals surface area contributed by atoms with Crippen molar-refractivity contribution in [3.05, 3.63) is 98.6 Å². The molecule has 10 heteroatoms. The van der Waals surface area contributed by atoms with Crippen molar-refractivity contribution < 1.29 is 24.0 Å². The first-order valence-corrected chi connectivity index (χ1v) is 9.50. The third-order valence-electron chi connectivity index (χ3n) is 4.23. The summed E-state index contributed by atoms with van der Waals surface area (Å²) in [7, 11) is 1.51. The van der Waals surface area contributed by atoms with Gasteiger partial charge in [0.15, 0.2) is 0 Å². The van der Waals surface area contributed by atoms with Crippen LogP contribution in [-0.2, 0) is 0 Å². The van der Waals surface area contributed by atoms with E-state index in [9.17, 15) is 19.7 Å². The summed E-state index contributed by atoms with van der Waals surface area (Å²) in [5.74, 6) is -1.12. The Bertz CT molecular complexity index is 1190. The fourth-order valence-electron chi connectivity index (χ4n) is 2.64. The van der Waals surface area contributed by atoms with Gasteiger partial charge >= 0.3 is 11.7 Å². The minimum Gasteiger partial charge on any atom is -0.497 e. The fraction of sp³-hybridized carbons (Fsp3) is 0.0455. The van der Waals surface area contributed by atoms with E-state index in [0.29, 0.717) is 11.3 Å². The largest absolute Gasteiger partial charge is 0.497 e. The first-order valence-electron chi connectivity index (χ1n) is 9.12. The molecule has 0 unspecified atom stereocenters. The van der Waals surface area contributed by atoms with E-state index in [2.05, 4.69) is 10.5 Å². The number of benzene rings is 3. The van der Waals surface area contributed by atoms with Crippen molar-refractivity contribution in [1.29, 1.82) is 0 Å². The number of rotatable bonds is 7. The van der Waals surface area contributed by atoms with Crippen LogP contribution in [-0.4, -0.2) is 30.1 Å². The fourth-order valence-corrected chi connectivity index (χ4v) is 2.85. The van der Waals surface area contributed by atoms with Gasteiger partial charge in [0, 0.05) is 17.2 Å². The molecule has 0 saturated carbocycles. The molecule has 0 spiro atoms. The standard InChI is InChI=1S/C22H16ClN3O6/c1-31-16-11-9-14(10-12-16)21(27)25-24-13-15-5-4-8-19(26(29)30)20(15)32-22(28)17-6-2-3-7-18(17)23/h2-13H,1H3,(H,25,27)/b24-13+. The van der Waals surface area contributed by atoms with E-state index in [1.165, 1.54) is 37.4 Å². The Morgan fingerprint density at radius 2 is 1.78 bits per heavy atom. The summed E-state index contributed by atoms with van der Waals surface area (Å²) < 4.78 is 10.3. The van der Waals surface area contributed by atoms with Gasteiger partial charge in [-0.2, -0.15) is 5.10 Å². The molecule has 3 rings (SSSR count). The number of hydrazone groups is 1. The molecule has 3 aromatic rings. The van der Waals surface area contributed by atoms with Gasteiger partial charge in [-0.1, -0.05) is 29.8 Å². The van der Waals surface area contributed by atoms with Crippen LogP contribution in [0.1, 0.15) is 26.3 Å². The molecule has 0 aliphatic heterocycles. The van der Waals surface area contributed by atoms with Gasteiger partial charge in [0.05, 0.1) is 28.8 Å². The van der Waals surface area contributed by atoms with E-state index in [-0.39, 0.29) is 21.9 Å². The molecular formula is C22H16ClN3O6.